The van der Waals surface area contributed by atoms with E-state index in [1.54, 1.807) is 24.1 Å². The average Bonchev–Trinajstić information content (AvgIpc) is 2.96. The van der Waals surface area contributed by atoms with Crippen LogP contribution in [0.4, 0.5) is 5.69 Å². The van der Waals surface area contributed by atoms with E-state index < -0.39 is 0 Å². The first-order chi connectivity index (χ1) is 13.2. The Hall–Kier alpha value is -2.86. The summed E-state index contributed by atoms with van der Waals surface area (Å²) in [4.78, 5) is 26.5. The van der Waals surface area contributed by atoms with Crippen LogP contribution in [0.5, 0.6) is 0 Å². The van der Waals surface area contributed by atoms with Crippen LogP contribution in [-0.2, 0) is 4.74 Å². The fourth-order valence-electron chi connectivity index (χ4n) is 3.16. The van der Waals surface area contributed by atoms with Crippen LogP contribution in [0.2, 0.25) is 0 Å². The smallest absolute Gasteiger partial charge is 0.256 e. The second-order valence-electron chi connectivity index (χ2n) is 6.46. The van der Waals surface area contributed by atoms with Gasteiger partial charge < -0.3 is 20.3 Å². The summed E-state index contributed by atoms with van der Waals surface area (Å²) in [5.41, 5.74) is 3.12. The molecule has 142 valence electrons. The number of carbonyl (C=O) groups excluding carboxylic acids is 2. The first-order valence-corrected chi connectivity index (χ1v) is 9.19. The fraction of sp³-hybridized carbons (Fsp3) is 0.333. The minimum absolute atomic E-state index is 0.00397. The van der Waals surface area contributed by atoms with Gasteiger partial charge >= 0.3 is 0 Å². The van der Waals surface area contributed by atoms with Crippen LogP contribution in [0.1, 0.15) is 45.8 Å². The predicted molar refractivity (Wildman–Crippen MR) is 105 cm³/mol. The number of nitrogens with zero attached hydrogens (tertiary/aromatic N) is 1. The van der Waals surface area contributed by atoms with Crippen molar-refractivity contribution < 1.29 is 14.3 Å². The number of nitrogens with one attached hydrogen (secondary N) is 2. The van der Waals surface area contributed by atoms with Crippen molar-refractivity contribution in [3.05, 3.63) is 65.2 Å². The molecule has 1 heterocycles. The number of carbonyl (C=O) groups is 2. The third kappa shape index (κ3) is 4.11. The zero-order valence-electron chi connectivity index (χ0n) is 15.7. The number of fused-ring (bicyclic) bond motifs is 1. The molecule has 3 rings (SSSR count). The van der Waals surface area contributed by atoms with Crippen molar-refractivity contribution >= 4 is 17.5 Å². The quantitative estimate of drug-likeness (QED) is 0.752. The van der Waals surface area contributed by atoms with Crippen molar-refractivity contribution in [1.82, 2.24) is 10.2 Å². The summed E-state index contributed by atoms with van der Waals surface area (Å²) in [6.07, 6.45) is 0.640. The Balaban J connectivity index is 1.78. The number of hydrogen-bond acceptors (Lipinski definition) is 4. The van der Waals surface area contributed by atoms with Gasteiger partial charge in [0, 0.05) is 42.6 Å². The topological polar surface area (TPSA) is 70.7 Å². The SMILES string of the molecule is CCCNC(=O)c1ccc(NC2c3ccccc3C(=O)N2CCOC)cc1. The summed E-state index contributed by atoms with van der Waals surface area (Å²) in [5.74, 6) is -0.0813. The van der Waals surface area contributed by atoms with Crippen LogP contribution >= 0.6 is 0 Å². The first-order valence-electron chi connectivity index (χ1n) is 9.19. The van der Waals surface area contributed by atoms with Gasteiger partial charge in [-0.25, -0.2) is 0 Å². The monoisotopic (exact) mass is 367 g/mol. The maximum Gasteiger partial charge on any atom is 0.256 e. The number of methoxy groups -OCH3 is 1. The molecular weight excluding hydrogens is 342 g/mol. The Bertz CT molecular complexity index is 805. The van der Waals surface area contributed by atoms with Gasteiger partial charge in [-0.05, 0) is 36.8 Å². The second kappa shape index (κ2) is 8.68. The number of hydrogen-bond donors (Lipinski definition) is 2. The molecule has 2 N–H and O–H groups in total. The molecule has 1 aliphatic rings. The molecule has 6 heteroatoms. The highest BCUT2D eigenvalue weighted by molar-refractivity contribution is 5.99. The Morgan fingerprint density at radius 2 is 1.89 bits per heavy atom. The molecule has 2 amide bonds. The van der Waals surface area contributed by atoms with Crippen LogP contribution in [0.3, 0.4) is 0 Å². The molecule has 1 atom stereocenters. The van der Waals surface area contributed by atoms with E-state index >= 15 is 0 Å². The number of amides is 2. The maximum atomic E-state index is 12.7. The van der Waals surface area contributed by atoms with Crippen LogP contribution in [0.25, 0.3) is 0 Å². The highest BCUT2D eigenvalue weighted by Crippen LogP contribution is 2.34. The average molecular weight is 367 g/mol. The lowest BCUT2D eigenvalue weighted by Gasteiger charge is -2.27. The Labute approximate surface area is 159 Å². The molecule has 0 spiro atoms. The highest BCUT2D eigenvalue weighted by Gasteiger charge is 2.36. The van der Waals surface area contributed by atoms with Gasteiger partial charge in [0.05, 0.1) is 6.61 Å². The molecule has 1 unspecified atom stereocenters. The number of benzene rings is 2. The number of rotatable bonds is 8. The molecule has 0 saturated heterocycles. The molecule has 0 bridgehead atoms. The fourth-order valence-corrected chi connectivity index (χ4v) is 3.16. The van der Waals surface area contributed by atoms with Crippen molar-refractivity contribution in [1.29, 1.82) is 0 Å². The van der Waals surface area contributed by atoms with Crippen LogP contribution in [0.15, 0.2) is 48.5 Å². The van der Waals surface area contributed by atoms with E-state index in [0.717, 1.165) is 17.7 Å². The standard InChI is InChI=1S/C21H25N3O3/c1-3-12-22-20(25)15-8-10-16(11-9-15)23-19-17-6-4-5-7-18(17)21(26)24(19)13-14-27-2/h4-11,19,23H,3,12-14H2,1-2H3,(H,22,25). The molecule has 1 aliphatic heterocycles. The highest BCUT2D eigenvalue weighted by atomic mass is 16.5. The molecule has 0 fully saturated rings. The number of anilines is 1. The molecule has 6 nitrogen and oxygen atoms in total. The maximum absolute atomic E-state index is 12.7. The Morgan fingerprint density at radius 1 is 1.15 bits per heavy atom. The lowest BCUT2D eigenvalue weighted by Crippen LogP contribution is -2.35. The van der Waals surface area contributed by atoms with E-state index in [1.807, 2.05) is 43.3 Å². The van der Waals surface area contributed by atoms with Crippen LogP contribution < -0.4 is 10.6 Å². The van der Waals surface area contributed by atoms with Gasteiger partial charge in [-0.3, -0.25) is 9.59 Å². The van der Waals surface area contributed by atoms with E-state index in [0.29, 0.717) is 30.8 Å². The Kier molecular flexibility index (Phi) is 6.08. The van der Waals surface area contributed by atoms with E-state index in [-0.39, 0.29) is 18.0 Å². The molecule has 2 aromatic rings. The molecular formula is C21H25N3O3. The Morgan fingerprint density at radius 3 is 2.59 bits per heavy atom. The zero-order chi connectivity index (χ0) is 19.2. The summed E-state index contributed by atoms with van der Waals surface area (Å²) in [6, 6.07) is 14.9. The first kappa shape index (κ1) is 18.9. The third-order valence-corrected chi connectivity index (χ3v) is 4.58. The summed E-state index contributed by atoms with van der Waals surface area (Å²) in [5, 5.41) is 6.28. The minimum Gasteiger partial charge on any atom is -0.383 e. The lowest BCUT2D eigenvalue weighted by atomic mass is 10.1. The van der Waals surface area contributed by atoms with Crippen molar-refractivity contribution in [2.24, 2.45) is 0 Å². The van der Waals surface area contributed by atoms with Crippen LogP contribution in [0, 0.1) is 0 Å². The molecule has 0 aromatic heterocycles. The van der Waals surface area contributed by atoms with Gasteiger partial charge in [-0.2, -0.15) is 0 Å². The second-order valence-corrected chi connectivity index (χ2v) is 6.46. The normalized spacial score (nSPS) is 15.6. The predicted octanol–water partition coefficient (Wildman–Crippen LogP) is 3.04. The summed E-state index contributed by atoms with van der Waals surface area (Å²) >= 11 is 0. The lowest BCUT2D eigenvalue weighted by molar-refractivity contribution is 0.0674. The number of ether oxygens (including phenoxy) is 1. The molecule has 27 heavy (non-hydrogen) atoms. The summed E-state index contributed by atoms with van der Waals surface area (Å²) in [7, 11) is 1.62. The molecule has 0 saturated carbocycles. The van der Waals surface area contributed by atoms with Crippen molar-refractivity contribution in [2.75, 3.05) is 32.1 Å². The molecule has 0 aliphatic carbocycles. The van der Waals surface area contributed by atoms with E-state index in [9.17, 15) is 9.59 Å². The van der Waals surface area contributed by atoms with Gasteiger partial charge in [0.15, 0.2) is 0 Å². The molecule has 0 radical (unpaired) electrons. The largest absolute Gasteiger partial charge is 0.383 e. The van der Waals surface area contributed by atoms with Gasteiger partial charge in [-0.15, -0.1) is 0 Å². The van der Waals surface area contributed by atoms with Crippen molar-refractivity contribution in [2.45, 2.75) is 19.5 Å². The minimum atomic E-state index is -0.261. The van der Waals surface area contributed by atoms with E-state index in [4.69, 9.17) is 4.74 Å². The third-order valence-electron chi connectivity index (χ3n) is 4.58. The molecule has 2 aromatic carbocycles. The zero-order valence-corrected chi connectivity index (χ0v) is 15.7. The van der Waals surface area contributed by atoms with Gasteiger partial charge in [0.25, 0.3) is 11.8 Å². The van der Waals surface area contributed by atoms with Gasteiger partial charge in [0.2, 0.25) is 0 Å². The van der Waals surface area contributed by atoms with Gasteiger partial charge in [0.1, 0.15) is 6.17 Å². The summed E-state index contributed by atoms with van der Waals surface area (Å²) < 4.78 is 5.16. The van der Waals surface area contributed by atoms with Crippen molar-refractivity contribution in [3.8, 4) is 0 Å². The van der Waals surface area contributed by atoms with Crippen molar-refractivity contribution in [3.63, 3.8) is 0 Å². The summed E-state index contributed by atoms with van der Waals surface area (Å²) in [6.45, 7) is 3.64. The van der Waals surface area contributed by atoms with Gasteiger partial charge in [-0.1, -0.05) is 25.1 Å². The van der Waals surface area contributed by atoms with E-state index in [1.165, 1.54) is 0 Å². The van der Waals surface area contributed by atoms with Crippen LogP contribution in [-0.4, -0.2) is 43.5 Å². The van der Waals surface area contributed by atoms with E-state index in [2.05, 4.69) is 10.6 Å².